The Balaban J connectivity index is 2.09. The first-order valence-corrected chi connectivity index (χ1v) is 7.43. The Hall–Kier alpha value is -1.04. The molecule has 0 bridgehead atoms. The number of likely N-dealkylation sites (tertiary alicyclic amines) is 1. The van der Waals surface area contributed by atoms with Crippen LogP contribution in [0.25, 0.3) is 0 Å². The summed E-state index contributed by atoms with van der Waals surface area (Å²) < 4.78 is 5.26. The van der Waals surface area contributed by atoms with E-state index in [4.69, 9.17) is 4.52 Å². The molecule has 1 aliphatic heterocycles. The van der Waals surface area contributed by atoms with Gasteiger partial charge < -0.3 is 9.42 Å². The molecule has 2 rings (SSSR count). The summed E-state index contributed by atoms with van der Waals surface area (Å²) in [5, 5.41) is 3.93. The first-order chi connectivity index (χ1) is 8.41. The lowest BCUT2D eigenvalue weighted by Crippen LogP contribution is -2.42. The van der Waals surface area contributed by atoms with Crippen LogP contribution in [0.3, 0.4) is 0 Å². The fourth-order valence-electron chi connectivity index (χ4n) is 2.14. The van der Waals surface area contributed by atoms with E-state index in [-0.39, 0.29) is 17.4 Å². The van der Waals surface area contributed by atoms with E-state index in [0.29, 0.717) is 24.7 Å². The molecular formula is C12H19N3O2S. The van der Waals surface area contributed by atoms with E-state index in [0.717, 1.165) is 5.75 Å². The van der Waals surface area contributed by atoms with Gasteiger partial charge in [0.1, 0.15) is 0 Å². The first-order valence-electron chi connectivity index (χ1n) is 6.03. The van der Waals surface area contributed by atoms with Crippen molar-refractivity contribution in [3.63, 3.8) is 0 Å². The van der Waals surface area contributed by atoms with Gasteiger partial charge in [0.2, 0.25) is 11.8 Å². The Bertz CT molecular complexity index is 439. The molecule has 0 aromatic carbocycles. The van der Waals surface area contributed by atoms with E-state index < -0.39 is 0 Å². The van der Waals surface area contributed by atoms with Gasteiger partial charge in [0.25, 0.3) is 0 Å². The fraction of sp³-hybridized carbons (Fsp3) is 0.750. The maximum Gasteiger partial charge on any atom is 0.232 e. The number of hydrogen-bond donors (Lipinski definition) is 0. The third-order valence-electron chi connectivity index (χ3n) is 3.04. The third-order valence-corrected chi connectivity index (χ3v) is 3.59. The minimum absolute atomic E-state index is 0.0415. The summed E-state index contributed by atoms with van der Waals surface area (Å²) >= 11 is 1.65. The van der Waals surface area contributed by atoms with E-state index in [9.17, 15) is 4.79 Å². The highest BCUT2D eigenvalue weighted by Gasteiger charge is 2.39. The van der Waals surface area contributed by atoms with Crippen LogP contribution < -0.4 is 0 Å². The molecule has 1 aromatic heterocycles. The normalized spacial score (nSPS) is 20.8. The molecule has 100 valence electrons. The SMILES string of the molecule is CSCc1noc([C@H]2CC(=O)N(C(C)(C)C)C2)n1. The highest BCUT2D eigenvalue weighted by atomic mass is 32.2. The molecule has 1 aromatic rings. The number of amides is 1. The average molecular weight is 269 g/mol. The van der Waals surface area contributed by atoms with Crippen LogP contribution >= 0.6 is 11.8 Å². The lowest BCUT2D eigenvalue weighted by molar-refractivity contribution is -0.131. The lowest BCUT2D eigenvalue weighted by atomic mass is 10.1. The number of aromatic nitrogens is 2. The van der Waals surface area contributed by atoms with Crippen LogP contribution in [0.2, 0.25) is 0 Å². The van der Waals surface area contributed by atoms with Gasteiger partial charge in [-0.2, -0.15) is 16.7 Å². The predicted molar refractivity (Wildman–Crippen MR) is 70.3 cm³/mol. The predicted octanol–water partition coefficient (Wildman–Crippen LogP) is 2.05. The van der Waals surface area contributed by atoms with Gasteiger partial charge >= 0.3 is 0 Å². The maximum atomic E-state index is 12.0. The summed E-state index contributed by atoms with van der Waals surface area (Å²) in [6.45, 7) is 6.80. The lowest BCUT2D eigenvalue weighted by Gasteiger charge is -2.31. The van der Waals surface area contributed by atoms with Crippen molar-refractivity contribution in [1.82, 2.24) is 15.0 Å². The smallest absolute Gasteiger partial charge is 0.232 e. The quantitative estimate of drug-likeness (QED) is 0.840. The van der Waals surface area contributed by atoms with Crippen molar-refractivity contribution >= 4 is 17.7 Å². The molecule has 0 saturated carbocycles. The second-order valence-corrected chi connectivity index (χ2v) is 6.42. The van der Waals surface area contributed by atoms with E-state index in [1.807, 2.05) is 31.9 Å². The maximum absolute atomic E-state index is 12.0. The zero-order chi connectivity index (χ0) is 13.3. The van der Waals surface area contributed by atoms with Gasteiger partial charge in [-0.25, -0.2) is 0 Å². The number of nitrogens with zero attached hydrogens (tertiary/aromatic N) is 3. The zero-order valence-electron chi connectivity index (χ0n) is 11.3. The molecule has 2 heterocycles. The highest BCUT2D eigenvalue weighted by molar-refractivity contribution is 7.97. The fourth-order valence-corrected chi connectivity index (χ4v) is 2.52. The third kappa shape index (κ3) is 2.68. The summed E-state index contributed by atoms with van der Waals surface area (Å²) in [7, 11) is 0. The van der Waals surface area contributed by atoms with Gasteiger partial charge in [0.05, 0.1) is 11.7 Å². The Kier molecular flexibility index (Phi) is 3.66. The van der Waals surface area contributed by atoms with E-state index in [2.05, 4.69) is 10.1 Å². The van der Waals surface area contributed by atoms with Crippen LogP contribution in [-0.2, 0) is 10.5 Å². The monoisotopic (exact) mass is 269 g/mol. The molecule has 0 N–H and O–H groups in total. The number of hydrogen-bond acceptors (Lipinski definition) is 5. The Morgan fingerprint density at radius 2 is 2.22 bits per heavy atom. The summed E-state index contributed by atoms with van der Waals surface area (Å²) in [6.07, 6.45) is 2.47. The number of carbonyl (C=O) groups is 1. The van der Waals surface area contributed by atoms with Crippen molar-refractivity contribution in [2.75, 3.05) is 12.8 Å². The topological polar surface area (TPSA) is 59.2 Å². The van der Waals surface area contributed by atoms with Gasteiger partial charge in [-0.3, -0.25) is 4.79 Å². The standard InChI is InChI=1S/C12H19N3O2S/c1-12(2,3)15-6-8(5-10(15)16)11-13-9(7-18-4)14-17-11/h8H,5-7H2,1-4H3/t8-/m0/s1. The summed E-state index contributed by atoms with van der Waals surface area (Å²) in [5.74, 6) is 2.25. The average Bonchev–Trinajstić information content (AvgIpc) is 2.84. The summed E-state index contributed by atoms with van der Waals surface area (Å²) in [4.78, 5) is 18.2. The molecule has 1 atom stereocenters. The molecule has 18 heavy (non-hydrogen) atoms. The number of thioether (sulfide) groups is 1. The van der Waals surface area contributed by atoms with Crippen molar-refractivity contribution in [3.05, 3.63) is 11.7 Å². The molecule has 0 radical (unpaired) electrons. The molecule has 1 saturated heterocycles. The van der Waals surface area contributed by atoms with Crippen LogP contribution in [0.1, 0.15) is 44.8 Å². The first kappa shape index (κ1) is 13.4. The molecule has 6 heteroatoms. The minimum Gasteiger partial charge on any atom is -0.339 e. The molecule has 1 amide bonds. The molecule has 5 nitrogen and oxygen atoms in total. The van der Waals surface area contributed by atoms with Crippen LogP contribution in [0.4, 0.5) is 0 Å². The van der Waals surface area contributed by atoms with Gasteiger partial charge in [-0.15, -0.1) is 0 Å². The van der Waals surface area contributed by atoms with Crippen LogP contribution in [0.15, 0.2) is 4.52 Å². The number of carbonyl (C=O) groups excluding carboxylic acids is 1. The Labute approximate surface area is 111 Å². The molecule has 0 unspecified atom stereocenters. The van der Waals surface area contributed by atoms with Crippen molar-refractivity contribution in [1.29, 1.82) is 0 Å². The molecule has 1 aliphatic rings. The largest absolute Gasteiger partial charge is 0.339 e. The summed E-state index contributed by atoms with van der Waals surface area (Å²) in [5.41, 5.74) is -0.145. The summed E-state index contributed by atoms with van der Waals surface area (Å²) in [6, 6.07) is 0. The van der Waals surface area contributed by atoms with E-state index in [1.54, 1.807) is 11.8 Å². The zero-order valence-corrected chi connectivity index (χ0v) is 12.1. The van der Waals surface area contributed by atoms with Crippen molar-refractivity contribution in [2.45, 2.75) is 44.4 Å². The Morgan fingerprint density at radius 3 is 2.78 bits per heavy atom. The molecule has 0 spiro atoms. The highest BCUT2D eigenvalue weighted by Crippen LogP contribution is 2.31. The van der Waals surface area contributed by atoms with Crippen LogP contribution in [-0.4, -0.2) is 39.3 Å². The Morgan fingerprint density at radius 1 is 1.50 bits per heavy atom. The van der Waals surface area contributed by atoms with E-state index in [1.165, 1.54) is 0 Å². The van der Waals surface area contributed by atoms with Gasteiger partial charge in [0.15, 0.2) is 5.82 Å². The van der Waals surface area contributed by atoms with Gasteiger partial charge in [0, 0.05) is 18.5 Å². The molecular weight excluding hydrogens is 250 g/mol. The molecule has 1 fully saturated rings. The van der Waals surface area contributed by atoms with Gasteiger partial charge in [-0.05, 0) is 27.0 Å². The molecule has 0 aliphatic carbocycles. The minimum atomic E-state index is -0.145. The van der Waals surface area contributed by atoms with E-state index >= 15 is 0 Å². The van der Waals surface area contributed by atoms with Crippen molar-refractivity contribution in [2.24, 2.45) is 0 Å². The second-order valence-electron chi connectivity index (χ2n) is 5.56. The van der Waals surface area contributed by atoms with Gasteiger partial charge in [-0.1, -0.05) is 5.16 Å². The number of rotatable bonds is 3. The van der Waals surface area contributed by atoms with Crippen LogP contribution in [0.5, 0.6) is 0 Å². The van der Waals surface area contributed by atoms with Crippen molar-refractivity contribution < 1.29 is 9.32 Å². The van der Waals surface area contributed by atoms with Crippen molar-refractivity contribution in [3.8, 4) is 0 Å². The second kappa shape index (κ2) is 4.91. The van der Waals surface area contributed by atoms with Crippen LogP contribution in [0, 0.1) is 0 Å².